The van der Waals surface area contributed by atoms with Crippen LogP contribution in [-0.2, 0) is 0 Å². The van der Waals surface area contributed by atoms with Crippen LogP contribution in [0.25, 0.3) is 43.6 Å². The largest absolute Gasteiger partial charge is 0.247 e. The second-order valence-electron chi connectivity index (χ2n) is 10.6. The number of allylic oxidation sites excluding steroid dienone is 2. The molecule has 0 radical (unpaired) electrons. The minimum atomic E-state index is 0.945. The molecule has 0 aliphatic rings. The number of nitrogens with zero attached hydrogens (tertiary/aromatic N) is 1. The van der Waals surface area contributed by atoms with Gasteiger partial charge in [0.2, 0.25) is 0 Å². The number of hydrogen-bond donors (Lipinski definition) is 0. The summed E-state index contributed by atoms with van der Waals surface area (Å²) in [4.78, 5) is 6.67. The molecule has 0 aliphatic heterocycles. The lowest BCUT2D eigenvalue weighted by Gasteiger charge is -2.14. The summed E-state index contributed by atoms with van der Waals surface area (Å²) in [7, 11) is 0. The standard InChI is InChI=1S/C40H33NS/c1-5-37(35-25-33(30-14-8-6-9-15-30)24-34(26-35)31-16-10-7-11-17-31)41-39(32-22-20-29(21-23-32)27(2)3)40-28(4)36-18-12-13-19-38(36)42-40/h5-26H,2H2,1,3-4H3/b37-5-,41-39?. The molecule has 0 bridgehead atoms. The average molecular weight is 560 g/mol. The Morgan fingerprint density at radius 3 is 1.74 bits per heavy atom. The molecular formula is C40H33NS. The van der Waals surface area contributed by atoms with Crippen LogP contribution in [0.4, 0.5) is 0 Å². The van der Waals surface area contributed by atoms with Crippen molar-refractivity contribution >= 4 is 38.4 Å². The van der Waals surface area contributed by atoms with E-state index in [9.17, 15) is 0 Å². The molecule has 0 saturated heterocycles. The average Bonchev–Trinajstić information content (AvgIpc) is 3.38. The summed E-state index contributed by atoms with van der Waals surface area (Å²) in [5, 5.41) is 1.28. The third-order valence-corrected chi connectivity index (χ3v) is 8.94. The van der Waals surface area contributed by atoms with Crippen LogP contribution in [0.5, 0.6) is 0 Å². The van der Waals surface area contributed by atoms with Gasteiger partial charge in [-0.15, -0.1) is 11.3 Å². The van der Waals surface area contributed by atoms with Crippen molar-refractivity contribution in [3.8, 4) is 22.3 Å². The molecule has 2 heteroatoms. The van der Waals surface area contributed by atoms with Crippen LogP contribution in [0.1, 0.15) is 41.0 Å². The molecule has 6 rings (SSSR count). The molecule has 0 unspecified atom stereocenters. The molecular weight excluding hydrogens is 527 g/mol. The highest BCUT2D eigenvalue weighted by molar-refractivity contribution is 7.21. The molecule has 6 aromatic rings. The van der Waals surface area contributed by atoms with Gasteiger partial charge in [-0.2, -0.15) is 0 Å². The van der Waals surface area contributed by atoms with E-state index in [0.29, 0.717) is 0 Å². The quantitative estimate of drug-likeness (QED) is 0.173. The molecule has 204 valence electrons. The van der Waals surface area contributed by atoms with Crippen LogP contribution in [0.3, 0.4) is 0 Å². The van der Waals surface area contributed by atoms with E-state index in [1.807, 2.05) is 18.3 Å². The number of fused-ring (bicyclic) bond motifs is 1. The van der Waals surface area contributed by atoms with E-state index in [-0.39, 0.29) is 0 Å². The Morgan fingerprint density at radius 2 is 1.19 bits per heavy atom. The minimum absolute atomic E-state index is 0.945. The summed E-state index contributed by atoms with van der Waals surface area (Å²) in [6, 6.07) is 45.2. The van der Waals surface area contributed by atoms with E-state index < -0.39 is 0 Å². The highest BCUT2D eigenvalue weighted by atomic mass is 32.1. The Balaban J connectivity index is 1.56. The summed E-state index contributed by atoms with van der Waals surface area (Å²) in [5.41, 5.74) is 12.3. The van der Waals surface area contributed by atoms with Gasteiger partial charge in [0.1, 0.15) is 0 Å². The fraction of sp³-hybridized carbons (Fsp3) is 0.0750. The lowest BCUT2D eigenvalue weighted by molar-refractivity contribution is 1.44. The van der Waals surface area contributed by atoms with Crippen LogP contribution in [0, 0.1) is 6.92 Å². The van der Waals surface area contributed by atoms with Crippen molar-refractivity contribution < 1.29 is 0 Å². The Labute approximate surface area is 252 Å². The molecule has 1 heterocycles. The molecule has 0 fully saturated rings. The van der Waals surface area contributed by atoms with E-state index in [1.54, 1.807) is 0 Å². The fourth-order valence-electron chi connectivity index (χ4n) is 5.35. The van der Waals surface area contributed by atoms with Gasteiger partial charge in [-0.3, -0.25) is 0 Å². The van der Waals surface area contributed by atoms with Gasteiger partial charge in [0.15, 0.2) is 0 Å². The first-order chi connectivity index (χ1) is 20.5. The van der Waals surface area contributed by atoms with Gasteiger partial charge in [-0.05, 0) is 83.8 Å². The molecule has 5 aromatic carbocycles. The lowest BCUT2D eigenvalue weighted by atomic mass is 9.94. The third kappa shape index (κ3) is 5.54. The Bertz CT molecular complexity index is 1880. The maximum atomic E-state index is 5.47. The molecule has 42 heavy (non-hydrogen) atoms. The topological polar surface area (TPSA) is 12.4 Å². The fourth-order valence-corrected chi connectivity index (χ4v) is 6.57. The van der Waals surface area contributed by atoms with Gasteiger partial charge in [-0.1, -0.05) is 121 Å². The van der Waals surface area contributed by atoms with Gasteiger partial charge in [0.05, 0.1) is 16.3 Å². The summed E-state index contributed by atoms with van der Waals surface area (Å²) < 4.78 is 1.27. The van der Waals surface area contributed by atoms with Crippen LogP contribution in [-0.4, -0.2) is 5.71 Å². The Kier molecular flexibility index (Phi) is 7.81. The van der Waals surface area contributed by atoms with Gasteiger partial charge in [0, 0.05) is 15.8 Å². The van der Waals surface area contributed by atoms with Crippen LogP contribution < -0.4 is 0 Å². The van der Waals surface area contributed by atoms with E-state index in [2.05, 4.69) is 154 Å². The van der Waals surface area contributed by atoms with Gasteiger partial charge < -0.3 is 0 Å². The lowest BCUT2D eigenvalue weighted by Crippen LogP contribution is -2.04. The zero-order valence-electron chi connectivity index (χ0n) is 24.3. The number of aryl methyl sites for hydroxylation is 1. The Morgan fingerprint density at radius 1 is 0.643 bits per heavy atom. The second kappa shape index (κ2) is 12.0. The first-order valence-corrected chi connectivity index (χ1v) is 15.1. The third-order valence-electron chi connectivity index (χ3n) is 7.66. The summed E-state index contributed by atoms with van der Waals surface area (Å²) in [6.07, 6.45) is 2.13. The summed E-state index contributed by atoms with van der Waals surface area (Å²) in [6.45, 7) is 10.5. The minimum Gasteiger partial charge on any atom is -0.247 e. The zero-order valence-corrected chi connectivity index (χ0v) is 25.1. The molecule has 1 nitrogen and oxygen atoms in total. The second-order valence-corrected chi connectivity index (χ2v) is 11.6. The van der Waals surface area contributed by atoms with E-state index in [4.69, 9.17) is 4.99 Å². The van der Waals surface area contributed by atoms with E-state index >= 15 is 0 Å². The van der Waals surface area contributed by atoms with Crippen molar-refractivity contribution in [2.24, 2.45) is 4.99 Å². The number of thiophene rings is 1. The van der Waals surface area contributed by atoms with Crippen molar-refractivity contribution in [3.05, 3.63) is 167 Å². The predicted octanol–water partition coefficient (Wildman–Crippen LogP) is 11.5. The van der Waals surface area contributed by atoms with Gasteiger partial charge in [0.25, 0.3) is 0 Å². The van der Waals surface area contributed by atoms with Crippen molar-refractivity contribution in [1.29, 1.82) is 0 Å². The van der Waals surface area contributed by atoms with E-state index in [0.717, 1.165) is 33.7 Å². The van der Waals surface area contributed by atoms with Crippen LogP contribution >= 0.6 is 11.3 Å². The molecule has 0 spiro atoms. The summed E-state index contributed by atoms with van der Waals surface area (Å²) >= 11 is 1.81. The highest BCUT2D eigenvalue weighted by Gasteiger charge is 2.18. The first kappa shape index (κ1) is 27.4. The zero-order chi connectivity index (χ0) is 29.1. The molecule has 0 saturated carbocycles. The van der Waals surface area contributed by atoms with Crippen LogP contribution in [0.2, 0.25) is 0 Å². The van der Waals surface area contributed by atoms with Gasteiger partial charge >= 0.3 is 0 Å². The number of rotatable bonds is 7. The highest BCUT2D eigenvalue weighted by Crippen LogP contribution is 2.36. The normalized spacial score (nSPS) is 12.1. The maximum Gasteiger partial charge on any atom is 0.0884 e. The number of hydrogen-bond acceptors (Lipinski definition) is 2. The smallest absolute Gasteiger partial charge is 0.0884 e. The van der Waals surface area contributed by atoms with Crippen molar-refractivity contribution in [1.82, 2.24) is 0 Å². The van der Waals surface area contributed by atoms with Crippen molar-refractivity contribution in [2.45, 2.75) is 20.8 Å². The monoisotopic (exact) mass is 559 g/mol. The molecule has 0 N–H and O–H groups in total. The SMILES string of the molecule is C=C(C)c1ccc(C(=N/C(=C\C)c2cc(-c3ccccc3)cc(-c3ccccc3)c2)c2sc3ccccc3c2C)cc1. The molecule has 0 atom stereocenters. The van der Waals surface area contributed by atoms with Gasteiger partial charge in [-0.25, -0.2) is 4.99 Å². The van der Waals surface area contributed by atoms with Crippen molar-refractivity contribution in [3.63, 3.8) is 0 Å². The predicted molar refractivity (Wildman–Crippen MR) is 184 cm³/mol. The molecule has 0 amide bonds. The van der Waals surface area contributed by atoms with Crippen LogP contribution in [0.15, 0.2) is 145 Å². The maximum absolute atomic E-state index is 5.47. The first-order valence-electron chi connectivity index (χ1n) is 14.3. The molecule has 0 aliphatic carbocycles. The van der Waals surface area contributed by atoms with E-state index in [1.165, 1.54) is 42.8 Å². The summed E-state index contributed by atoms with van der Waals surface area (Å²) in [5.74, 6) is 0. The van der Waals surface area contributed by atoms with Crippen molar-refractivity contribution in [2.75, 3.05) is 0 Å². The number of aliphatic imine (C=N–C) groups is 1. The molecule has 1 aromatic heterocycles. The Hall–Kier alpha value is -4.79. The number of benzene rings is 5.